The molecule has 2 rings (SSSR count). The van der Waals surface area contributed by atoms with E-state index in [2.05, 4.69) is 62.5 Å². The van der Waals surface area contributed by atoms with E-state index in [-0.39, 0.29) is 11.2 Å². The van der Waals surface area contributed by atoms with E-state index in [9.17, 15) is 0 Å². The molecule has 2 atom stereocenters. The molecule has 0 aliphatic heterocycles. The Labute approximate surface area is 129 Å². The fourth-order valence-electron chi connectivity index (χ4n) is 2.62. The number of hydrogen-bond donors (Lipinski definition) is 0. The summed E-state index contributed by atoms with van der Waals surface area (Å²) in [5, 5.41) is 0. The van der Waals surface area contributed by atoms with E-state index < -0.39 is 0 Å². The van der Waals surface area contributed by atoms with Gasteiger partial charge in [0.2, 0.25) is 0 Å². The average Bonchev–Trinajstić information content (AvgIpc) is 2.47. The van der Waals surface area contributed by atoms with E-state index in [1.807, 2.05) is 0 Å². The summed E-state index contributed by atoms with van der Waals surface area (Å²) < 4.78 is 12.0. The first-order valence-corrected chi connectivity index (χ1v) is 8.09. The van der Waals surface area contributed by atoms with E-state index in [4.69, 9.17) is 9.47 Å². The van der Waals surface area contributed by atoms with E-state index in [1.165, 1.54) is 0 Å². The standard InChI is InChI=1S/C19H28O2/c1-18(12-6-3-7-13-18)20-16-10-5-11-17-21-19(2)14-8-4-9-15-19/h3-4,6-9,12,14H,5,10-11,13,15-17H2,1-2H3. The van der Waals surface area contributed by atoms with Crippen LogP contribution >= 0.6 is 0 Å². The van der Waals surface area contributed by atoms with Crippen molar-refractivity contribution in [3.63, 3.8) is 0 Å². The molecule has 0 saturated carbocycles. The Morgan fingerprint density at radius 1 is 0.714 bits per heavy atom. The second-order valence-corrected chi connectivity index (χ2v) is 6.37. The zero-order valence-corrected chi connectivity index (χ0v) is 13.4. The van der Waals surface area contributed by atoms with E-state index in [0.717, 1.165) is 45.3 Å². The lowest BCUT2D eigenvalue weighted by Crippen LogP contribution is -2.27. The molecule has 0 aromatic rings. The Hall–Kier alpha value is -1.12. The van der Waals surface area contributed by atoms with Crippen molar-refractivity contribution in [3.8, 4) is 0 Å². The Balaban J connectivity index is 1.51. The highest BCUT2D eigenvalue weighted by atomic mass is 16.5. The van der Waals surface area contributed by atoms with E-state index in [1.54, 1.807) is 0 Å². The molecule has 0 fully saturated rings. The third-order valence-corrected chi connectivity index (χ3v) is 4.09. The number of rotatable bonds is 8. The van der Waals surface area contributed by atoms with Gasteiger partial charge >= 0.3 is 0 Å². The highest BCUT2D eigenvalue weighted by molar-refractivity contribution is 5.17. The van der Waals surface area contributed by atoms with Crippen LogP contribution in [0.5, 0.6) is 0 Å². The lowest BCUT2D eigenvalue weighted by atomic mass is 9.97. The summed E-state index contributed by atoms with van der Waals surface area (Å²) in [6, 6.07) is 0. The summed E-state index contributed by atoms with van der Waals surface area (Å²) in [6.45, 7) is 5.96. The number of unbranched alkanes of at least 4 members (excludes halogenated alkanes) is 2. The molecule has 0 aromatic heterocycles. The molecule has 0 amide bonds. The Morgan fingerprint density at radius 3 is 1.57 bits per heavy atom. The van der Waals surface area contributed by atoms with Crippen LogP contribution in [0.2, 0.25) is 0 Å². The first-order chi connectivity index (χ1) is 10.1. The van der Waals surface area contributed by atoms with Gasteiger partial charge in [0.25, 0.3) is 0 Å². The zero-order valence-electron chi connectivity index (χ0n) is 13.4. The second-order valence-electron chi connectivity index (χ2n) is 6.37. The SMILES string of the molecule is CC1(OCCCCCOC2(C)C=CC=CC2)C=CC=CC1. The summed E-state index contributed by atoms with van der Waals surface area (Å²) in [7, 11) is 0. The van der Waals surface area contributed by atoms with Gasteiger partial charge in [-0.25, -0.2) is 0 Å². The van der Waals surface area contributed by atoms with Crippen LogP contribution in [0.4, 0.5) is 0 Å². The third kappa shape index (κ3) is 5.64. The van der Waals surface area contributed by atoms with Crippen LogP contribution in [0.15, 0.2) is 48.6 Å². The van der Waals surface area contributed by atoms with Crippen LogP contribution in [-0.2, 0) is 9.47 Å². The number of ether oxygens (including phenoxy) is 2. The maximum atomic E-state index is 5.99. The Morgan fingerprint density at radius 2 is 1.19 bits per heavy atom. The van der Waals surface area contributed by atoms with Gasteiger partial charge in [-0.1, -0.05) is 48.6 Å². The molecule has 0 aromatic carbocycles. The van der Waals surface area contributed by atoms with Gasteiger partial charge in [-0.3, -0.25) is 0 Å². The van der Waals surface area contributed by atoms with Gasteiger partial charge in [0.05, 0.1) is 11.2 Å². The topological polar surface area (TPSA) is 18.5 Å². The molecule has 2 heteroatoms. The fraction of sp³-hybridized carbons (Fsp3) is 0.579. The van der Waals surface area contributed by atoms with Crippen molar-refractivity contribution in [2.24, 2.45) is 0 Å². The van der Waals surface area contributed by atoms with Crippen molar-refractivity contribution in [1.29, 1.82) is 0 Å². The van der Waals surface area contributed by atoms with Gasteiger partial charge < -0.3 is 9.47 Å². The molecule has 2 unspecified atom stereocenters. The molecule has 2 aliphatic carbocycles. The van der Waals surface area contributed by atoms with Crippen LogP contribution in [0, 0.1) is 0 Å². The van der Waals surface area contributed by atoms with Gasteiger partial charge in [0, 0.05) is 13.2 Å². The molecule has 2 nitrogen and oxygen atoms in total. The van der Waals surface area contributed by atoms with Gasteiger partial charge in [-0.05, 0) is 46.0 Å². The maximum Gasteiger partial charge on any atom is 0.0871 e. The van der Waals surface area contributed by atoms with Gasteiger partial charge in [0.1, 0.15) is 0 Å². The minimum Gasteiger partial charge on any atom is -0.371 e. The molecule has 21 heavy (non-hydrogen) atoms. The third-order valence-electron chi connectivity index (χ3n) is 4.09. The summed E-state index contributed by atoms with van der Waals surface area (Å²) in [5.74, 6) is 0. The highest BCUT2D eigenvalue weighted by Crippen LogP contribution is 2.23. The molecule has 116 valence electrons. The van der Waals surface area contributed by atoms with E-state index >= 15 is 0 Å². The number of allylic oxidation sites excluding steroid dienone is 4. The smallest absolute Gasteiger partial charge is 0.0871 e. The minimum atomic E-state index is -0.0993. The lowest BCUT2D eigenvalue weighted by molar-refractivity contribution is -0.00437. The average molecular weight is 288 g/mol. The highest BCUT2D eigenvalue weighted by Gasteiger charge is 2.22. The summed E-state index contributed by atoms with van der Waals surface area (Å²) in [5.41, 5.74) is -0.199. The van der Waals surface area contributed by atoms with Crippen LogP contribution in [0.25, 0.3) is 0 Å². The molecule has 0 saturated heterocycles. The monoisotopic (exact) mass is 288 g/mol. The first kappa shape index (κ1) is 16.3. The first-order valence-electron chi connectivity index (χ1n) is 8.09. The number of hydrogen-bond acceptors (Lipinski definition) is 2. The second kappa shape index (κ2) is 7.77. The molecule has 0 spiro atoms. The summed E-state index contributed by atoms with van der Waals surface area (Å²) in [6.07, 6.45) is 22.3. The normalized spacial score (nSPS) is 31.0. The largest absolute Gasteiger partial charge is 0.371 e. The van der Waals surface area contributed by atoms with Gasteiger partial charge in [-0.2, -0.15) is 0 Å². The Kier molecular flexibility index (Phi) is 6.01. The predicted molar refractivity (Wildman–Crippen MR) is 88.4 cm³/mol. The van der Waals surface area contributed by atoms with Gasteiger partial charge in [-0.15, -0.1) is 0 Å². The Bertz CT molecular complexity index is 393. The van der Waals surface area contributed by atoms with Crippen molar-refractivity contribution >= 4 is 0 Å². The molecular formula is C19H28O2. The van der Waals surface area contributed by atoms with Crippen molar-refractivity contribution in [1.82, 2.24) is 0 Å². The van der Waals surface area contributed by atoms with Crippen LogP contribution in [0.3, 0.4) is 0 Å². The quantitative estimate of drug-likeness (QED) is 0.601. The lowest BCUT2D eigenvalue weighted by Gasteiger charge is -2.27. The van der Waals surface area contributed by atoms with Crippen molar-refractivity contribution in [3.05, 3.63) is 48.6 Å². The zero-order chi connectivity index (χ0) is 15.0. The van der Waals surface area contributed by atoms with Crippen molar-refractivity contribution < 1.29 is 9.47 Å². The molecule has 0 bridgehead atoms. The van der Waals surface area contributed by atoms with Crippen LogP contribution in [-0.4, -0.2) is 24.4 Å². The summed E-state index contributed by atoms with van der Waals surface area (Å²) >= 11 is 0. The fourth-order valence-corrected chi connectivity index (χ4v) is 2.62. The minimum absolute atomic E-state index is 0.0993. The van der Waals surface area contributed by atoms with Crippen LogP contribution < -0.4 is 0 Å². The van der Waals surface area contributed by atoms with Crippen molar-refractivity contribution in [2.45, 2.75) is 57.2 Å². The van der Waals surface area contributed by atoms with E-state index in [0.29, 0.717) is 0 Å². The molecule has 0 N–H and O–H groups in total. The molecule has 0 radical (unpaired) electrons. The molecular weight excluding hydrogens is 260 g/mol. The summed E-state index contributed by atoms with van der Waals surface area (Å²) in [4.78, 5) is 0. The molecule has 2 aliphatic rings. The molecule has 0 heterocycles. The predicted octanol–water partition coefficient (Wildman–Crippen LogP) is 4.74. The van der Waals surface area contributed by atoms with Crippen LogP contribution in [0.1, 0.15) is 46.0 Å². The van der Waals surface area contributed by atoms with Crippen molar-refractivity contribution in [2.75, 3.05) is 13.2 Å². The maximum absolute atomic E-state index is 5.99. The van der Waals surface area contributed by atoms with Gasteiger partial charge in [0.15, 0.2) is 0 Å².